The molecule has 0 aliphatic heterocycles. The normalized spacial score (nSPS) is 13.8. The molecular weight excluding hydrogens is 399 g/mol. The maximum Gasteiger partial charge on any atom is 0.323 e. The maximum atomic E-state index is 11.4. The Balaban J connectivity index is 3.94. The SMILES string of the molecule is N[C@@H](CCC(=O)OCC(Cl)(Cl)Cl)C(=O)OCC(Cl)(Cl)Cl. The molecular formula is C9H11Cl6NO4. The van der Waals surface area contributed by atoms with Gasteiger partial charge < -0.3 is 15.2 Å². The highest BCUT2D eigenvalue weighted by atomic mass is 35.6. The summed E-state index contributed by atoms with van der Waals surface area (Å²) in [6, 6.07) is -1.05. The summed E-state index contributed by atoms with van der Waals surface area (Å²) >= 11 is 32.4. The largest absolute Gasteiger partial charge is 0.461 e. The fourth-order valence-electron chi connectivity index (χ4n) is 0.886. The Morgan fingerprint density at radius 2 is 1.40 bits per heavy atom. The number of carbonyl (C=O) groups is 2. The molecule has 0 fully saturated rings. The summed E-state index contributed by atoms with van der Waals surface area (Å²) < 4.78 is 5.87. The first kappa shape index (κ1) is 20.6. The quantitative estimate of drug-likeness (QED) is 0.539. The second kappa shape index (κ2) is 8.93. The minimum atomic E-state index is -1.72. The van der Waals surface area contributed by atoms with Crippen LogP contribution in [0.4, 0.5) is 0 Å². The number of hydrogen-bond acceptors (Lipinski definition) is 5. The number of hydrogen-bond donors (Lipinski definition) is 1. The fourth-order valence-corrected chi connectivity index (χ4v) is 1.21. The molecule has 0 aromatic rings. The van der Waals surface area contributed by atoms with Crippen LogP contribution in [0, 0.1) is 0 Å². The topological polar surface area (TPSA) is 78.6 Å². The third kappa shape index (κ3) is 12.4. The van der Waals surface area contributed by atoms with Crippen LogP contribution in [0.2, 0.25) is 0 Å². The van der Waals surface area contributed by atoms with Crippen molar-refractivity contribution >= 4 is 81.5 Å². The molecule has 0 bridgehead atoms. The highest BCUT2D eigenvalue weighted by molar-refractivity contribution is 6.68. The molecule has 0 radical (unpaired) electrons. The monoisotopic (exact) mass is 407 g/mol. The van der Waals surface area contributed by atoms with Crippen molar-refractivity contribution in [2.24, 2.45) is 5.73 Å². The zero-order valence-corrected chi connectivity index (χ0v) is 14.4. The van der Waals surface area contributed by atoms with Gasteiger partial charge in [-0.2, -0.15) is 0 Å². The number of nitrogens with two attached hydrogens (primary N) is 1. The summed E-state index contributed by atoms with van der Waals surface area (Å²) in [5, 5.41) is 0. The van der Waals surface area contributed by atoms with Gasteiger partial charge in [-0.25, -0.2) is 0 Å². The van der Waals surface area contributed by atoms with Gasteiger partial charge in [0.1, 0.15) is 19.3 Å². The van der Waals surface area contributed by atoms with E-state index in [-0.39, 0.29) is 12.8 Å². The number of esters is 2. The molecule has 11 heteroatoms. The molecule has 0 aromatic carbocycles. The molecule has 5 nitrogen and oxygen atoms in total. The molecule has 1 atom stereocenters. The van der Waals surface area contributed by atoms with E-state index in [1.165, 1.54) is 0 Å². The predicted molar refractivity (Wildman–Crippen MR) is 79.7 cm³/mol. The lowest BCUT2D eigenvalue weighted by molar-refractivity contribution is -0.146. The summed E-state index contributed by atoms with van der Waals surface area (Å²) in [4.78, 5) is 22.6. The number of ether oxygens (including phenoxy) is 2. The molecule has 0 saturated heterocycles. The van der Waals surface area contributed by atoms with E-state index in [0.29, 0.717) is 0 Å². The zero-order valence-electron chi connectivity index (χ0n) is 9.88. The lowest BCUT2D eigenvalue weighted by Crippen LogP contribution is -2.34. The van der Waals surface area contributed by atoms with Gasteiger partial charge in [0, 0.05) is 6.42 Å². The average molecular weight is 410 g/mol. The van der Waals surface area contributed by atoms with Crippen LogP contribution in [-0.2, 0) is 19.1 Å². The molecule has 20 heavy (non-hydrogen) atoms. The lowest BCUT2D eigenvalue weighted by Gasteiger charge is -2.15. The summed E-state index contributed by atoms with van der Waals surface area (Å²) in [6.45, 7) is -0.842. The molecule has 2 N–H and O–H groups in total. The van der Waals surface area contributed by atoms with Crippen LogP contribution in [0.5, 0.6) is 0 Å². The molecule has 0 aliphatic rings. The molecule has 0 amide bonds. The van der Waals surface area contributed by atoms with Crippen molar-refractivity contribution in [2.45, 2.75) is 26.5 Å². The molecule has 0 unspecified atom stereocenters. The summed E-state index contributed by atoms with van der Waals surface area (Å²) in [5.74, 6) is -1.47. The molecule has 0 aromatic heterocycles. The molecule has 0 rings (SSSR count). The van der Waals surface area contributed by atoms with Gasteiger partial charge in [0.25, 0.3) is 0 Å². The third-order valence-electron chi connectivity index (χ3n) is 1.74. The van der Waals surface area contributed by atoms with Gasteiger partial charge in [-0.1, -0.05) is 69.6 Å². The molecule has 0 heterocycles. The van der Waals surface area contributed by atoms with Gasteiger partial charge in [0.05, 0.1) is 0 Å². The van der Waals surface area contributed by atoms with Crippen molar-refractivity contribution in [3.63, 3.8) is 0 Å². The Morgan fingerprint density at radius 1 is 0.950 bits per heavy atom. The first-order chi connectivity index (χ1) is 8.91. The number of carbonyl (C=O) groups excluding carboxylic acids is 2. The highest BCUT2D eigenvalue weighted by Crippen LogP contribution is 2.26. The van der Waals surface area contributed by atoms with Crippen molar-refractivity contribution in [1.29, 1.82) is 0 Å². The number of halogens is 6. The summed E-state index contributed by atoms with van der Waals surface area (Å²) in [5.41, 5.74) is 5.49. The second-order valence-corrected chi connectivity index (χ2v) is 8.68. The van der Waals surface area contributed by atoms with Crippen LogP contribution >= 0.6 is 69.6 Å². The van der Waals surface area contributed by atoms with Gasteiger partial charge in [-0.3, -0.25) is 9.59 Å². The van der Waals surface area contributed by atoms with Gasteiger partial charge in [-0.15, -0.1) is 0 Å². The first-order valence-electron chi connectivity index (χ1n) is 5.12. The van der Waals surface area contributed by atoms with Gasteiger partial charge in [0.15, 0.2) is 0 Å². The standard InChI is InChI=1S/C9H11Cl6NO4/c10-8(11,12)3-19-6(17)2-1-5(16)7(18)20-4-9(13,14)15/h5H,1-4,16H2/t5-/m0/s1. The lowest BCUT2D eigenvalue weighted by atomic mass is 10.2. The van der Waals surface area contributed by atoms with Crippen molar-refractivity contribution in [3.05, 3.63) is 0 Å². The van der Waals surface area contributed by atoms with Gasteiger partial charge in [0.2, 0.25) is 7.59 Å². The summed E-state index contributed by atoms with van der Waals surface area (Å²) in [6.07, 6.45) is -0.165. The number of alkyl halides is 6. The maximum absolute atomic E-state index is 11.4. The van der Waals surface area contributed by atoms with Crippen LogP contribution in [-0.4, -0.2) is 38.8 Å². The van der Waals surface area contributed by atoms with E-state index in [1.54, 1.807) is 0 Å². The minimum absolute atomic E-state index is 0.0165. The third-order valence-corrected chi connectivity index (χ3v) is 2.39. The smallest absolute Gasteiger partial charge is 0.323 e. The van der Waals surface area contributed by atoms with Gasteiger partial charge >= 0.3 is 11.9 Å². The van der Waals surface area contributed by atoms with E-state index in [1.807, 2.05) is 0 Å². The highest BCUT2D eigenvalue weighted by Gasteiger charge is 2.26. The predicted octanol–water partition coefficient (Wildman–Crippen LogP) is 2.92. The van der Waals surface area contributed by atoms with Crippen LogP contribution in [0.3, 0.4) is 0 Å². The number of rotatable bonds is 6. The Kier molecular flexibility index (Phi) is 9.22. The fraction of sp³-hybridized carbons (Fsp3) is 0.778. The van der Waals surface area contributed by atoms with Crippen molar-refractivity contribution in [2.75, 3.05) is 13.2 Å². The van der Waals surface area contributed by atoms with E-state index in [9.17, 15) is 9.59 Å². The van der Waals surface area contributed by atoms with Crippen molar-refractivity contribution in [3.8, 4) is 0 Å². The Bertz CT molecular complexity index is 340. The Labute approximate surface area is 145 Å². The van der Waals surface area contributed by atoms with Crippen LogP contribution in [0.1, 0.15) is 12.8 Å². The molecule has 0 saturated carbocycles. The van der Waals surface area contributed by atoms with E-state index in [2.05, 4.69) is 9.47 Å². The van der Waals surface area contributed by atoms with Crippen LogP contribution < -0.4 is 5.73 Å². The van der Waals surface area contributed by atoms with Gasteiger partial charge in [-0.05, 0) is 6.42 Å². The van der Waals surface area contributed by atoms with Crippen LogP contribution in [0.25, 0.3) is 0 Å². The van der Waals surface area contributed by atoms with E-state index < -0.39 is 38.8 Å². The van der Waals surface area contributed by atoms with E-state index >= 15 is 0 Å². The van der Waals surface area contributed by atoms with E-state index in [4.69, 9.17) is 75.3 Å². The first-order valence-corrected chi connectivity index (χ1v) is 7.39. The molecule has 0 aliphatic carbocycles. The second-order valence-electron chi connectivity index (χ2n) is 3.64. The van der Waals surface area contributed by atoms with Crippen molar-refractivity contribution < 1.29 is 19.1 Å². The molecule has 118 valence electrons. The minimum Gasteiger partial charge on any atom is -0.461 e. The van der Waals surface area contributed by atoms with Crippen LogP contribution in [0.15, 0.2) is 0 Å². The summed E-state index contributed by atoms with van der Waals surface area (Å²) in [7, 11) is 0. The molecule has 0 spiro atoms. The Hall–Kier alpha value is 0.640. The van der Waals surface area contributed by atoms with Crippen molar-refractivity contribution in [1.82, 2.24) is 0 Å². The van der Waals surface area contributed by atoms with E-state index in [0.717, 1.165) is 0 Å². The zero-order chi connectivity index (χ0) is 16.0. The Morgan fingerprint density at radius 3 is 1.85 bits per heavy atom. The average Bonchev–Trinajstić information content (AvgIpc) is 2.28.